The fourth-order valence-electron chi connectivity index (χ4n) is 2.61. The van der Waals surface area contributed by atoms with Crippen molar-refractivity contribution in [3.63, 3.8) is 0 Å². The zero-order valence-electron chi connectivity index (χ0n) is 10.8. The van der Waals surface area contributed by atoms with Crippen LogP contribution < -0.4 is 0 Å². The summed E-state index contributed by atoms with van der Waals surface area (Å²) in [6.45, 7) is 2.10. The van der Waals surface area contributed by atoms with Crippen LogP contribution in [0, 0.1) is 0 Å². The minimum Gasteiger partial charge on any atom is -0.478 e. The number of carbonyl (C=O) groups is 1. The van der Waals surface area contributed by atoms with Crippen molar-refractivity contribution in [2.24, 2.45) is 0 Å². The van der Waals surface area contributed by atoms with Crippen LogP contribution in [-0.4, -0.2) is 22.5 Å². The highest BCUT2D eigenvalue weighted by Gasteiger charge is 2.21. The molecule has 0 spiro atoms. The number of hydrogen-bond donors (Lipinski definition) is 1. The lowest BCUT2D eigenvalue weighted by Gasteiger charge is -2.28. The molecule has 1 aromatic carbocycles. The van der Waals surface area contributed by atoms with Crippen LogP contribution >= 0.6 is 11.6 Å². The molecule has 0 atom stereocenters. The van der Waals surface area contributed by atoms with Gasteiger partial charge in [0, 0.05) is 18.1 Å². The maximum atomic E-state index is 11.1. The Labute approximate surface area is 121 Å². The molecule has 20 heavy (non-hydrogen) atoms. The van der Waals surface area contributed by atoms with E-state index in [2.05, 4.69) is 11.0 Å². The van der Waals surface area contributed by atoms with Crippen LogP contribution in [0.15, 0.2) is 34.9 Å². The Hall–Kier alpha value is -1.78. The number of hydrogen-bond acceptors (Lipinski definition) is 3. The van der Waals surface area contributed by atoms with Gasteiger partial charge in [-0.1, -0.05) is 23.7 Å². The molecule has 0 unspecified atom stereocenters. The van der Waals surface area contributed by atoms with E-state index in [1.807, 2.05) is 12.1 Å². The number of rotatable bonds is 3. The fraction of sp³-hybridized carbons (Fsp3) is 0.267. The predicted octanol–water partition coefficient (Wildman–Crippen LogP) is 3.19. The minimum atomic E-state index is -0.950. The highest BCUT2D eigenvalue weighted by molar-refractivity contribution is 6.31. The van der Waals surface area contributed by atoms with Crippen LogP contribution in [0.25, 0.3) is 0 Å². The van der Waals surface area contributed by atoms with E-state index in [0.717, 1.165) is 24.5 Å². The summed E-state index contributed by atoms with van der Waals surface area (Å²) < 4.78 is 5.29. The van der Waals surface area contributed by atoms with E-state index in [0.29, 0.717) is 12.3 Å². The second-order valence-electron chi connectivity index (χ2n) is 4.90. The van der Waals surface area contributed by atoms with Crippen LogP contribution in [0.1, 0.15) is 27.2 Å². The van der Waals surface area contributed by atoms with Gasteiger partial charge in [0.25, 0.3) is 0 Å². The van der Waals surface area contributed by atoms with Gasteiger partial charge in [0.1, 0.15) is 11.3 Å². The summed E-state index contributed by atoms with van der Waals surface area (Å²) in [4.78, 5) is 13.2. The van der Waals surface area contributed by atoms with E-state index in [-0.39, 0.29) is 5.56 Å². The minimum absolute atomic E-state index is 0.238. The smallest absolute Gasteiger partial charge is 0.339 e. The SMILES string of the molecule is O=C(O)c1ccoc1CN1CCc2c(Cl)cccc2C1. The largest absolute Gasteiger partial charge is 0.478 e. The third-order valence-electron chi connectivity index (χ3n) is 3.63. The summed E-state index contributed by atoms with van der Waals surface area (Å²) >= 11 is 6.18. The monoisotopic (exact) mass is 291 g/mol. The summed E-state index contributed by atoms with van der Waals surface area (Å²) in [5.74, 6) is -0.447. The van der Waals surface area contributed by atoms with Gasteiger partial charge in [-0.15, -0.1) is 0 Å². The van der Waals surface area contributed by atoms with E-state index in [9.17, 15) is 4.79 Å². The molecule has 0 radical (unpaired) electrons. The van der Waals surface area contributed by atoms with Gasteiger partial charge in [0.05, 0.1) is 12.8 Å². The Morgan fingerprint density at radius 2 is 2.25 bits per heavy atom. The molecule has 1 aliphatic heterocycles. The first-order valence-corrected chi connectivity index (χ1v) is 6.81. The maximum absolute atomic E-state index is 11.1. The van der Waals surface area contributed by atoms with Crippen molar-refractivity contribution in [1.82, 2.24) is 4.90 Å². The molecule has 104 valence electrons. The van der Waals surface area contributed by atoms with Crippen molar-refractivity contribution < 1.29 is 14.3 Å². The van der Waals surface area contributed by atoms with E-state index >= 15 is 0 Å². The predicted molar refractivity (Wildman–Crippen MR) is 74.9 cm³/mol. The molecule has 4 nitrogen and oxygen atoms in total. The quantitative estimate of drug-likeness (QED) is 0.943. The van der Waals surface area contributed by atoms with Crippen molar-refractivity contribution in [3.05, 3.63) is 58.0 Å². The van der Waals surface area contributed by atoms with Crippen LogP contribution in [0.2, 0.25) is 5.02 Å². The molecule has 0 aliphatic carbocycles. The Balaban J connectivity index is 1.78. The van der Waals surface area contributed by atoms with Gasteiger partial charge in [-0.25, -0.2) is 4.79 Å². The van der Waals surface area contributed by atoms with Crippen molar-refractivity contribution in [2.45, 2.75) is 19.5 Å². The molecule has 5 heteroatoms. The first-order valence-electron chi connectivity index (χ1n) is 6.43. The number of halogens is 1. The molecule has 1 aliphatic rings. The Morgan fingerprint density at radius 3 is 3.05 bits per heavy atom. The van der Waals surface area contributed by atoms with E-state index in [1.165, 1.54) is 23.5 Å². The normalized spacial score (nSPS) is 15.1. The van der Waals surface area contributed by atoms with Gasteiger partial charge in [0.2, 0.25) is 0 Å². The molecule has 1 N–H and O–H groups in total. The van der Waals surface area contributed by atoms with Gasteiger partial charge >= 0.3 is 5.97 Å². The van der Waals surface area contributed by atoms with Crippen LogP contribution in [-0.2, 0) is 19.5 Å². The number of fused-ring (bicyclic) bond motifs is 1. The number of carboxylic acid groups (broad SMARTS) is 1. The van der Waals surface area contributed by atoms with E-state index in [1.54, 1.807) is 0 Å². The van der Waals surface area contributed by atoms with Crippen molar-refractivity contribution in [2.75, 3.05) is 6.54 Å². The Morgan fingerprint density at radius 1 is 1.40 bits per heavy atom. The lowest BCUT2D eigenvalue weighted by atomic mass is 9.99. The first-order chi connectivity index (χ1) is 9.65. The molecule has 0 saturated carbocycles. The fourth-order valence-corrected chi connectivity index (χ4v) is 2.90. The lowest BCUT2D eigenvalue weighted by Crippen LogP contribution is -2.30. The molecule has 0 saturated heterocycles. The topological polar surface area (TPSA) is 53.7 Å². The van der Waals surface area contributed by atoms with E-state index in [4.69, 9.17) is 21.1 Å². The second-order valence-corrected chi connectivity index (χ2v) is 5.31. The van der Waals surface area contributed by atoms with Crippen LogP contribution in [0.3, 0.4) is 0 Å². The molecular weight excluding hydrogens is 278 g/mol. The number of nitrogens with zero attached hydrogens (tertiary/aromatic N) is 1. The third kappa shape index (κ3) is 2.44. The highest BCUT2D eigenvalue weighted by Crippen LogP contribution is 2.27. The van der Waals surface area contributed by atoms with Gasteiger partial charge in [0.15, 0.2) is 0 Å². The molecule has 0 amide bonds. The Bertz CT molecular complexity index is 650. The number of aromatic carboxylic acids is 1. The number of carboxylic acids is 1. The first kappa shape index (κ1) is 13.2. The maximum Gasteiger partial charge on any atom is 0.339 e. The molecule has 0 fully saturated rings. The molecule has 2 aromatic rings. The molecule has 2 heterocycles. The summed E-state index contributed by atoms with van der Waals surface area (Å²) in [5, 5.41) is 9.89. The van der Waals surface area contributed by atoms with Gasteiger partial charge in [-0.2, -0.15) is 0 Å². The van der Waals surface area contributed by atoms with Crippen LogP contribution in [0.4, 0.5) is 0 Å². The van der Waals surface area contributed by atoms with Crippen molar-refractivity contribution in [3.8, 4) is 0 Å². The zero-order valence-corrected chi connectivity index (χ0v) is 11.6. The van der Waals surface area contributed by atoms with Gasteiger partial charge in [-0.3, -0.25) is 4.90 Å². The number of furan rings is 1. The standard InChI is InChI=1S/C15H14ClNO3/c16-13-3-1-2-10-8-17(6-4-11(10)13)9-14-12(15(18)19)5-7-20-14/h1-3,5,7H,4,6,8-9H2,(H,18,19). The average Bonchev–Trinajstić information content (AvgIpc) is 2.87. The van der Waals surface area contributed by atoms with Crippen molar-refractivity contribution >= 4 is 17.6 Å². The summed E-state index contributed by atoms with van der Waals surface area (Å²) in [6, 6.07) is 7.41. The summed E-state index contributed by atoms with van der Waals surface area (Å²) in [5.41, 5.74) is 2.64. The lowest BCUT2D eigenvalue weighted by molar-refractivity contribution is 0.0692. The summed E-state index contributed by atoms with van der Waals surface area (Å²) in [6.07, 6.45) is 2.30. The zero-order chi connectivity index (χ0) is 14.1. The Kier molecular flexibility index (Phi) is 3.51. The molecule has 3 rings (SSSR count). The summed E-state index contributed by atoms with van der Waals surface area (Å²) in [7, 11) is 0. The van der Waals surface area contributed by atoms with Crippen molar-refractivity contribution in [1.29, 1.82) is 0 Å². The average molecular weight is 292 g/mol. The third-order valence-corrected chi connectivity index (χ3v) is 3.99. The number of benzene rings is 1. The molecule has 1 aromatic heterocycles. The van der Waals surface area contributed by atoms with Crippen LogP contribution in [0.5, 0.6) is 0 Å². The van der Waals surface area contributed by atoms with Gasteiger partial charge < -0.3 is 9.52 Å². The van der Waals surface area contributed by atoms with E-state index < -0.39 is 5.97 Å². The molecular formula is C15H14ClNO3. The highest BCUT2D eigenvalue weighted by atomic mass is 35.5. The molecule has 0 bridgehead atoms. The second kappa shape index (κ2) is 5.31. The van der Waals surface area contributed by atoms with Gasteiger partial charge in [-0.05, 0) is 29.7 Å².